The van der Waals surface area contributed by atoms with Gasteiger partial charge in [0, 0.05) is 13.0 Å². The van der Waals surface area contributed by atoms with E-state index in [1.54, 1.807) is 31.2 Å². The number of para-hydroxylation sites is 2. The van der Waals surface area contributed by atoms with E-state index < -0.39 is 10.1 Å². The van der Waals surface area contributed by atoms with Crippen LogP contribution in [-0.2, 0) is 14.9 Å². The third kappa shape index (κ3) is 3.86. The van der Waals surface area contributed by atoms with Crippen molar-refractivity contribution in [2.24, 2.45) is 0 Å². The van der Waals surface area contributed by atoms with E-state index in [4.69, 9.17) is 8.92 Å². The average Bonchev–Trinajstić information content (AvgIpc) is 2.48. The van der Waals surface area contributed by atoms with Gasteiger partial charge in [0.25, 0.3) is 0 Å². The average molecular weight is 349 g/mol. The number of hydrogen-bond donors (Lipinski definition) is 1. The normalized spacial score (nSPS) is 11.0. The van der Waals surface area contributed by atoms with Crippen molar-refractivity contribution in [3.63, 3.8) is 0 Å². The fraction of sp³-hybridized carbons (Fsp3) is 0.235. The summed E-state index contributed by atoms with van der Waals surface area (Å²) in [5.41, 5.74) is 1.66. The molecule has 0 spiro atoms. The Morgan fingerprint density at radius 3 is 2.33 bits per heavy atom. The van der Waals surface area contributed by atoms with Gasteiger partial charge >= 0.3 is 10.1 Å². The van der Waals surface area contributed by atoms with E-state index in [1.807, 2.05) is 6.92 Å². The molecule has 1 amide bonds. The van der Waals surface area contributed by atoms with Gasteiger partial charge in [-0.25, -0.2) is 0 Å². The molecule has 0 saturated heterocycles. The Kier molecular flexibility index (Phi) is 5.14. The number of amides is 1. The first-order valence-electron chi connectivity index (χ1n) is 7.21. The van der Waals surface area contributed by atoms with Crippen molar-refractivity contribution in [2.75, 3.05) is 12.4 Å². The smallest absolute Gasteiger partial charge is 0.339 e. The maximum Gasteiger partial charge on any atom is 0.339 e. The maximum absolute atomic E-state index is 12.6. The third-order valence-corrected chi connectivity index (χ3v) is 4.74. The van der Waals surface area contributed by atoms with Crippen LogP contribution in [0.3, 0.4) is 0 Å². The number of nitrogens with one attached hydrogen (secondary N) is 1. The lowest BCUT2D eigenvalue weighted by molar-refractivity contribution is -0.114. The zero-order chi connectivity index (χ0) is 17.9. The van der Waals surface area contributed by atoms with Crippen LogP contribution in [0.1, 0.15) is 18.1 Å². The molecule has 128 valence electrons. The van der Waals surface area contributed by atoms with Crippen molar-refractivity contribution >= 4 is 21.7 Å². The molecule has 0 aromatic heterocycles. The lowest BCUT2D eigenvalue weighted by atomic mass is 10.1. The van der Waals surface area contributed by atoms with E-state index >= 15 is 0 Å². The van der Waals surface area contributed by atoms with Gasteiger partial charge in [-0.1, -0.05) is 18.2 Å². The lowest BCUT2D eigenvalue weighted by Gasteiger charge is -2.14. The molecule has 2 rings (SSSR count). The molecular weight excluding hydrogens is 330 g/mol. The fourth-order valence-electron chi connectivity index (χ4n) is 2.30. The first-order chi connectivity index (χ1) is 11.2. The van der Waals surface area contributed by atoms with Gasteiger partial charge in [-0.2, -0.15) is 8.42 Å². The molecule has 0 aliphatic rings. The minimum Gasteiger partial charge on any atom is -0.496 e. The molecule has 0 saturated carbocycles. The molecule has 0 fully saturated rings. The summed E-state index contributed by atoms with van der Waals surface area (Å²) in [4.78, 5) is 11.3. The molecule has 0 aliphatic carbocycles. The minimum absolute atomic E-state index is 0.0163. The van der Waals surface area contributed by atoms with Crippen LogP contribution in [0.2, 0.25) is 0 Å². The quantitative estimate of drug-likeness (QED) is 0.839. The van der Waals surface area contributed by atoms with Gasteiger partial charge < -0.3 is 14.2 Å². The summed E-state index contributed by atoms with van der Waals surface area (Å²) in [6.45, 7) is 4.85. The Labute approximate surface area is 141 Å². The SMILES string of the molecule is COc1cc(S(=O)(=O)Oc2ccccc2NC(C)=O)c(C)cc1C. The second kappa shape index (κ2) is 6.92. The summed E-state index contributed by atoms with van der Waals surface area (Å²) < 4.78 is 35.7. The van der Waals surface area contributed by atoms with E-state index in [1.165, 1.54) is 26.2 Å². The highest BCUT2D eigenvalue weighted by molar-refractivity contribution is 7.87. The van der Waals surface area contributed by atoms with E-state index in [2.05, 4.69) is 5.32 Å². The molecule has 0 aliphatic heterocycles. The molecule has 6 nitrogen and oxygen atoms in total. The van der Waals surface area contributed by atoms with Crippen LogP contribution < -0.4 is 14.2 Å². The van der Waals surface area contributed by atoms with Gasteiger partial charge in [0.1, 0.15) is 10.6 Å². The van der Waals surface area contributed by atoms with E-state index in [-0.39, 0.29) is 22.2 Å². The zero-order valence-corrected chi connectivity index (χ0v) is 14.7. The van der Waals surface area contributed by atoms with Crippen molar-refractivity contribution in [3.05, 3.63) is 47.5 Å². The molecule has 2 aromatic carbocycles. The molecule has 7 heteroatoms. The molecule has 0 heterocycles. The van der Waals surface area contributed by atoms with Crippen molar-refractivity contribution in [1.29, 1.82) is 0 Å². The molecule has 0 atom stereocenters. The van der Waals surface area contributed by atoms with Crippen molar-refractivity contribution in [1.82, 2.24) is 0 Å². The predicted octanol–water partition coefficient (Wildman–Crippen LogP) is 3.04. The Hall–Kier alpha value is -2.54. The van der Waals surface area contributed by atoms with Crippen LogP contribution >= 0.6 is 0 Å². The largest absolute Gasteiger partial charge is 0.496 e. The second-order valence-electron chi connectivity index (χ2n) is 5.30. The van der Waals surface area contributed by atoms with Crippen LogP contribution in [0.15, 0.2) is 41.3 Å². The first kappa shape index (κ1) is 17.8. The highest BCUT2D eigenvalue weighted by atomic mass is 32.2. The Balaban J connectivity index is 2.45. The Morgan fingerprint density at radius 2 is 1.71 bits per heavy atom. The number of anilines is 1. The summed E-state index contributed by atoms with van der Waals surface area (Å²) in [7, 11) is -2.61. The number of methoxy groups -OCH3 is 1. The highest BCUT2D eigenvalue weighted by Crippen LogP contribution is 2.31. The highest BCUT2D eigenvalue weighted by Gasteiger charge is 2.22. The topological polar surface area (TPSA) is 81.7 Å². The maximum atomic E-state index is 12.6. The number of hydrogen-bond acceptors (Lipinski definition) is 5. The van der Waals surface area contributed by atoms with Gasteiger partial charge in [-0.15, -0.1) is 0 Å². The van der Waals surface area contributed by atoms with Crippen LogP contribution in [0.4, 0.5) is 5.69 Å². The summed E-state index contributed by atoms with van der Waals surface area (Å²) >= 11 is 0. The van der Waals surface area contributed by atoms with E-state index in [0.717, 1.165) is 5.56 Å². The van der Waals surface area contributed by atoms with Gasteiger partial charge in [0.15, 0.2) is 5.75 Å². The molecule has 24 heavy (non-hydrogen) atoms. The molecule has 1 N–H and O–H groups in total. The van der Waals surface area contributed by atoms with Crippen molar-refractivity contribution in [3.8, 4) is 11.5 Å². The second-order valence-corrected chi connectivity index (χ2v) is 6.82. The number of ether oxygens (including phenoxy) is 1. The van der Waals surface area contributed by atoms with Gasteiger partial charge in [0.05, 0.1) is 12.8 Å². The summed E-state index contributed by atoms with van der Waals surface area (Å²) in [5.74, 6) is 0.182. The monoisotopic (exact) mass is 349 g/mol. The van der Waals surface area contributed by atoms with Gasteiger partial charge in [-0.3, -0.25) is 4.79 Å². The number of carbonyl (C=O) groups is 1. The minimum atomic E-state index is -4.08. The molecule has 2 aromatic rings. The van der Waals surface area contributed by atoms with Crippen LogP contribution in [-0.4, -0.2) is 21.4 Å². The Bertz CT molecular complexity index is 875. The molecule has 0 unspecified atom stereocenters. The standard InChI is InChI=1S/C17H19NO5S/c1-11-9-12(2)17(10-16(11)22-4)24(20,21)23-15-8-6-5-7-14(15)18-13(3)19/h5-10H,1-4H3,(H,18,19). The fourth-order valence-corrected chi connectivity index (χ4v) is 3.47. The van der Waals surface area contributed by atoms with E-state index in [9.17, 15) is 13.2 Å². The summed E-state index contributed by atoms with van der Waals surface area (Å²) in [5, 5.41) is 2.54. The Morgan fingerprint density at radius 1 is 1.04 bits per heavy atom. The molecular formula is C17H19NO5S. The van der Waals surface area contributed by atoms with Crippen LogP contribution in [0.5, 0.6) is 11.5 Å². The number of aryl methyl sites for hydroxylation is 2. The van der Waals surface area contributed by atoms with Crippen molar-refractivity contribution < 1.29 is 22.1 Å². The van der Waals surface area contributed by atoms with Crippen LogP contribution in [0, 0.1) is 13.8 Å². The third-order valence-electron chi connectivity index (χ3n) is 3.36. The van der Waals surface area contributed by atoms with E-state index in [0.29, 0.717) is 11.3 Å². The van der Waals surface area contributed by atoms with Gasteiger partial charge in [0.2, 0.25) is 5.91 Å². The first-order valence-corrected chi connectivity index (χ1v) is 8.62. The lowest BCUT2D eigenvalue weighted by Crippen LogP contribution is -2.14. The molecule has 0 bridgehead atoms. The predicted molar refractivity (Wildman–Crippen MR) is 91.0 cm³/mol. The zero-order valence-electron chi connectivity index (χ0n) is 13.9. The van der Waals surface area contributed by atoms with Crippen molar-refractivity contribution in [2.45, 2.75) is 25.7 Å². The number of benzene rings is 2. The summed E-state index contributed by atoms with van der Waals surface area (Å²) in [6, 6.07) is 9.48. The number of carbonyl (C=O) groups excluding carboxylic acids is 1. The number of rotatable bonds is 5. The van der Waals surface area contributed by atoms with Crippen LogP contribution in [0.25, 0.3) is 0 Å². The van der Waals surface area contributed by atoms with Gasteiger partial charge in [-0.05, 0) is 37.1 Å². The molecule has 0 radical (unpaired) electrons. The summed E-state index contributed by atoms with van der Waals surface area (Å²) in [6.07, 6.45) is 0.